The molecule has 6 nitrogen and oxygen atoms in total. The number of H-pyrrole nitrogens is 1. The quantitative estimate of drug-likeness (QED) is 0.747. The zero-order valence-electron chi connectivity index (χ0n) is 14.5. The van der Waals surface area contributed by atoms with Crippen molar-refractivity contribution in [3.8, 4) is 0 Å². The Morgan fingerprint density at radius 1 is 1.32 bits per heavy atom. The summed E-state index contributed by atoms with van der Waals surface area (Å²) in [6, 6.07) is 6.08. The minimum atomic E-state index is -1.15. The fraction of sp³-hybridized carbons (Fsp3) is 0.474. The van der Waals surface area contributed by atoms with Gasteiger partial charge in [0.1, 0.15) is 11.5 Å². The molecule has 0 saturated carbocycles. The van der Waals surface area contributed by atoms with E-state index in [0.29, 0.717) is 19.4 Å². The Kier molecular flexibility index (Phi) is 4.56. The molecule has 3 rings (SSSR count). The van der Waals surface area contributed by atoms with Crippen molar-refractivity contribution >= 4 is 22.8 Å². The first kappa shape index (κ1) is 17.5. The first-order valence-electron chi connectivity index (χ1n) is 8.66. The minimum Gasteiger partial charge on any atom is -0.481 e. The van der Waals surface area contributed by atoms with Crippen molar-refractivity contribution in [2.24, 2.45) is 5.92 Å². The Bertz CT molecular complexity index is 825. The zero-order chi connectivity index (χ0) is 18.2. The Balaban J connectivity index is 2.25. The number of hydrogen-bond donors (Lipinski definition) is 3. The number of carboxylic acids is 2. The van der Waals surface area contributed by atoms with E-state index in [2.05, 4.69) is 11.9 Å². The summed E-state index contributed by atoms with van der Waals surface area (Å²) in [5, 5.41) is 20.0. The molecule has 0 spiro atoms. The number of carboxylic acid groups (broad SMARTS) is 2. The van der Waals surface area contributed by atoms with Crippen LogP contribution in [-0.4, -0.2) is 33.7 Å². The van der Waals surface area contributed by atoms with Crippen LogP contribution in [0.25, 0.3) is 10.9 Å². The average Bonchev–Trinajstić information content (AvgIpc) is 2.98. The first-order chi connectivity index (χ1) is 11.9. The van der Waals surface area contributed by atoms with Gasteiger partial charge in [0.15, 0.2) is 0 Å². The van der Waals surface area contributed by atoms with Crippen LogP contribution in [0, 0.1) is 5.92 Å². The van der Waals surface area contributed by atoms with Crippen molar-refractivity contribution in [3.05, 3.63) is 35.0 Å². The van der Waals surface area contributed by atoms with Gasteiger partial charge in [0, 0.05) is 10.9 Å². The fourth-order valence-electron chi connectivity index (χ4n) is 4.08. The molecule has 0 radical (unpaired) electrons. The van der Waals surface area contributed by atoms with E-state index >= 15 is 0 Å². The number of aromatic amines is 1. The highest BCUT2D eigenvalue weighted by Gasteiger charge is 2.49. The zero-order valence-corrected chi connectivity index (χ0v) is 14.5. The van der Waals surface area contributed by atoms with Gasteiger partial charge in [-0.1, -0.05) is 32.0 Å². The molecular weight excluding hydrogens is 322 g/mol. The Labute approximate surface area is 145 Å². The van der Waals surface area contributed by atoms with Gasteiger partial charge in [-0.05, 0) is 30.4 Å². The number of benzene rings is 1. The SMILES string of the molecule is CCc1cccc2c3c([nH]c12)C(CC)(C(CC(=O)O)C(=O)O)OCC3. The molecule has 2 unspecified atom stereocenters. The maximum Gasteiger partial charge on any atom is 0.310 e. The lowest BCUT2D eigenvalue weighted by Gasteiger charge is -2.40. The number of nitrogens with one attached hydrogen (secondary N) is 1. The molecule has 0 saturated heterocycles. The molecule has 2 atom stereocenters. The summed E-state index contributed by atoms with van der Waals surface area (Å²) in [4.78, 5) is 26.6. The Morgan fingerprint density at radius 2 is 2.08 bits per heavy atom. The molecule has 1 aliphatic rings. The molecule has 0 bridgehead atoms. The van der Waals surface area contributed by atoms with Crippen molar-refractivity contribution in [1.29, 1.82) is 0 Å². The summed E-state index contributed by atoms with van der Waals surface area (Å²) in [5.41, 5.74) is 2.78. The van der Waals surface area contributed by atoms with Gasteiger partial charge < -0.3 is 19.9 Å². The number of ether oxygens (including phenoxy) is 1. The minimum absolute atomic E-state index is 0.382. The maximum absolute atomic E-state index is 11.9. The van der Waals surface area contributed by atoms with Crippen LogP contribution >= 0.6 is 0 Å². The third-order valence-electron chi connectivity index (χ3n) is 5.31. The average molecular weight is 345 g/mol. The number of aromatic nitrogens is 1. The standard InChI is InChI=1S/C19H23NO5/c1-3-11-6-5-7-12-13-8-9-25-19(4-2,17(13)20-16(11)12)14(18(23)24)10-15(21)22/h5-7,14,20H,3-4,8-10H2,1-2H3,(H,21,22)(H,23,24). The van der Waals surface area contributed by atoms with Crippen LogP contribution < -0.4 is 0 Å². The molecule has 0 fully saturated rings. The Hall–Kier alpha value is -2.34. The predicted molar refractivity (Wildman–Crippen MR) is 92.7 cm³/mol. The lowest BCUT2D eigenvalue weighted by molar-refractivity contribution is -0.170. The molecule has 6 heteroatoms. The molecule has 1 aliphatic heterocycles. The summed E-state index contributed by atoms with van der Waals surface area (Å²) in [6.07, 6.45) is 1.45. The van der Waals surface area contributed by atoms with E-state index in [1.165, 1.54) is 0 Å². The van der Waals surface area contributed by atoms with Crippen LogP contribution in [0.3, 0.4) is 0 Å². The summed E-state index contributed by atoms with van der Waals surface area (Å²) >= 11 is 0. The predicted octanol–water partition coefficient (Wildman–Crippen LogP) is 3.08. The Morgan fingerprint density at radius 3 is 2.68 bits per heavy atom. The van der Waals surface area contributed by atoms with E-state index in [0.717, 1.165) is 34.1 Å². The van der Waals surface area contributed by atoms with Gasteiger partial charge in [-0.2, -0.15) is 0 Å². The van der Waals surface area contributed by atoms with Gasteiger partial charge in [-0.3, -0.25) is 9.59 Å². The van der Waals surface area contributed by atoms with Gasteiger partial charge in [-0.15, -0.1) is 0 Å². The van der Waals surface area contributed by atoms with Crippen LogP contribution in [0.2, 0.25) is 0 Å². The normalized spacial score (nSPS) is 21.0. The maximum atomic E-state index is 11.9. The van der Waals surface area contributed by atoms with Crippen LogP contribution in [0.1, 0.15) is 43.5 Å². The molecule has 0 aliphatic carbocycles. The second-order valence-electron chi connectivity index (χ2n) is 6.50. The second kappa shape index (κ2) is 6.52. The van der Waals surface area contributed by atoms with Gasteiger partial charge in [0.2, 0.25) is 0 Å². The molecule has 0 amide bonds. The van der Waals surface area contributed by atoms with Crippen molar-refractivity contribution < 1.29 is 24.5 Å². The lowest BCUT2D eigenvalue weighted by atomic mass is 9.76. The van der Waals surface area contributed by atoms with Gasteiger partial charge in [0.05, 0.1) is 18.7 Å². The molecule has 1 aromatic heterocycles. The number of carbonyl (C=O) groups is 2. The topological polar surface area (TPSA) is 99.6 Å². The lowest BCUT2D eigenvalue weighted by Crippen LogP contribution is -2.46. The second-order valence-corrected chi connectivity index (χ2v) is 6.50. The number of hydrogen-bond acceptors (Lipinski definition) is 3. The number of aryl methyl sites for hydroxylation is 1. The highest BCUT2D eigenvalue weighted by atomic mass is 16.5. The number of aliphatic carboxylic acids is 2. The van der Waals surface area contributed by atoms with Crippen molar-refractivity contribution in [2.75, 3.05) is 6.61 Å². The summed E-state index contributed by atoms with van der Waals surface area (Å²) < 4.78 is 5.99. The van der Waals surface area contributed by atoms with E-state index in [9.17, 15) is 19.8 Å². The fourth-order valence-corrected chi connectivity index (χ4v) is 4.08. The largest absolute Gasteiger partial charge is 0.481 e. The van der Waals surface area contributed by atoms with Crippen LogP contribution in [-0.2, 0) is 32.8 Å². The molecule has 25 heavy (non-hydrogen) atoms. The number of fused-ring (bicyclic) bond motifs is 3. The van der Waals surface area contributed by atoms with Crippen molar-refractivity contribution in [3.63, 3.8) is 0 Å². The first-order valence-corrected chi connectivity index (χ1v) is 8.66. The third kappa shape index (κ3) is 2.70. The summed E-state index contributed by atoms with van der Waals surface area (Å²) in [5.74, 6) is -3.43. The van der Waals surface area contributed by atoms with Crippen LogP contribution in [0.4, 0.5) is 0 Å². The molecule has 1 aromatic carbocycles. The smallest absolute Gasteiger partial charge is 0.310 e. The van der Waals surface area contributed by atoms with E-state index < -0.39 is 29.9 Å². The molecular formula is C19H23NO5. The van der Waals surface area contributed by atoms with E-state index in [-0.39, 0.29) is 0 Å². The monoisotopic (exact) mass is 345 g/mol. The van der Waals surface area contributed by atoms with Gasteiger partial charge in [-0.25, -0.2) is 0 Å². The van der Waals surface area contributed by atoms with Crippen LogP contribution in [0.15, 0.2) is 18.2 Å². The van der Waals surface area contributed by atoms with Gasteiger partial charge in [0.25, 0.3) is 0 Å². The molecule has 3 N–H and O–H groups in total. The molecule has 134 valence electrons. The highest BCUT2D eigenvalue weighted by molar-refractivity contribution is 5.89. The number of para-hydroxylation sites is 1. The molecule has 2 aromatic rings. The summed E-state index contributed by atoms with van der Waals surface area (Å²) in [7, 11) is 0. The van der Waals surface area contributed by atoms with Crippen LogP contribution in [0.5, 0.6) is 0 Å². The van der Waals surface area contributed by atoms with Gasteiger partial charge >= 0.3 is 11.9 Å². The number of rotatable bonds is 6. The van der Waals surface area contributed by atoms with Crippen molar-refractivity contribution in [1.82, 2.24) is 4.98 Å². The van der Waals surface area contributed by atoms with Crippen molar-refractivity contribution in [2.45, 2.75) is 45.1 Å². The third-order valence-corrected chi connectivity index (χ3v) is 5.31. The van der Waals surface area contributed by atoms with E-state index in [1.54, 1.807) is 0 Å². The summed E-state index contributed by atoms with van der Waals surface area (Å²) in [6.45, 7) is 4.30. The molecule has 2 heterocycles. The van der Waals surface area contributed by atoms with E-state index in [1.807, 2.05) is 25.1 Å². The van der Waals surface area contributed by atoms with E-state index in [4.69, 9.17) is 4.74 Å². The highest BCUT2D eigenvalue weighted by Crippen LogP contribution is 2.45.